The molecule has 5 nitrogen and oxygen atoms in total. The fourth-order valence-electron chi connectivity index (χ4n) is 3.29. The van der Waals surface area contributed by atoms with Crippen LogP contribution < -0.4 is 4.90 Å². The molecule has 2 aliphatic heterocycles. The van der Waals surface area contributed by atoms with Crippen molar-refractivity contribution in [1.29, 1.82) is 0 Å². The van der Waals surface area contributed by atoms with Gasteiger partial charge in [0.25, 0.3) is 5.91 Å². The van der Waals surface area contributed by atoms with Gasteiger partial charge in [-0.3, -0.25) is 4.79 Å². The smallest absolute Gasteiger partial charge is 0.253 e. The van der Waals surface area contributed by atoms with Gasteiger partial charge in [0.2, 0.25) is 0 Å². The van der Waals surface area contributed by atoms with Crippen molar-refractivity contribution in [1.82, 2.24) is 9.88 Å². The van der Waals surface area contributed by atoms with Gasteiger partial charge in [0.05, 0.1) is 23.4 Å². The van der Waals surface area contributed by atoms with E-state index in [1.165, 1.54) is 11.1 Å². The number of nitrogens with zero attached hydrogens (tertiary/aromatic N) is 3. The third-order valence-electron chi connectivity index (χ3n) is 4.56. The van der Waals surface area contributed by atoms with Gasteiger partial charge in [-0.05, 0) is 31.4 Å². The maximum Gasteiger partial charge on any atom is 0.253 e. The molecule has 0 aliphatic carbocycles. The molecule has 2 aliphatic rings. The molecule has 2 fully saturated rings. The molecule has 4 rings (SSSR count). The summed E-state index contributed by atoms with van der Waals surface area (Å²) in [5.74, 6) is 0.149. The standard InChI is InChI=1S/C17H21N3O2S/c21-16(19-8-4-1-5-9-19)14-12-20(10-11-22-14)17-18-13-6-2-3-7-15(13)23-17/h2-3,6-7,14H,1,4-5,8-12H2. The van der Waals surface area contributed by atoms with Gasteiger partial charge in [0.15, 0.2) is 11.2 Å². The molecule has 122 valence electrons. The van der Waals surface area contributed by atoms with Crippen LogP contribution in [-0.2, 0) is 9.53 Å². The maximum absolute atomic E-state index is 12.7. The molecule has 0 radical (unpaired) electrons. The molecule has 1 aromatic heterocycles. The van der Waals surface area contributed by atoms with E-state index in [1.54, 1.807) is 11.3 Å². The molecular formula is C17H21N3O2S. The Morgan fingerprint density at radius 2 is 2.00 bits per heavy atom. The molecular weight excluding hydrogens is 310 g/mol. The molecule has 1 atom stereocenters. The van der Waals surface area contributed by atoms with Crippen molar-refractivity contribution in [3.63, 3.8) is 0 Å². The van der Waals surface area contributed by atoms with E-state index in [-0.39, 0.29) is 12.0 Å². The number of morpholine rings is 1. The number of para-hydroxylation sites is 1. The zero-order chi connectivity index (χ0) is 15.6. The number of rotatable bonds is 2. The lowest BCUT2D eigenvalue weighted by atomic mass is 10.1. The molecule has 2 aromatic rings. The Labute approximate surface area is 139 Å². The highest BCUT2D eigenvalue weighted by Gasteiger charge is 2.31. The lowest BCUT2D eigenvalue weighted by Crippen LogP contribution is -2.52. The Kier molecular flexibility index (Phi) is 4.18. The zero-order valence-corrected chi connectivity index (χ0v) is 13.9. The minimum absolute atomic E-state index is 0.149. The second kappa shape index (κ2) is 6.45. The number of benzene rings is 1. The minimum Gasteiger partial charge on any atom is -0.365 e. The molecule has 1 amide bonds. The average molecular weight is 331 g/mol. The van der Waals surface area contributed by atoms with Crippen LogP contribution in [0.3, 0.4) is 0 Å². The predicted octanol–water partition coefficient (Wildman–Crippen LogP) is 2.51. The van der Waals surface area contributed by atoms with Gasteiger partial charge >= 0.3 is 0 Å². The molecule has 1 aromatic carbocycles. The first-order chi connectivity index (χ1) is 11.3. The first kappa shape index (κ1) is 14.9. The first-order valence-electron chi connectivity index (χ1n) is 8.32. The van der Waals surface area contributed by atoms with Crippen LogP contribution in [-0.4, -0.2) is 54.7 Å². The number of ether oxygens (including phenoxy) is 1. The summed E-state index contributed by atoms with van der Waals surface area (Å²) in [6.07, 6.45) is 3.10. The van der Waals surface area contributed by atoms with Crippen LogP contribution in [0.15, 0.2) is 24.3 Å². The second-order valence-electron chi connectivity index (χ2n) is 6.16. The number of fused-ring (bicyclic) bond motifs is 1. The number of carbonyl (C=O) groups is 1. The first-order valence-corrected chi connectivity index (χ1v) is 9.14. The van der Waals surface area contributed by atoms with Crippen LogP contribution in [0.4, 0.5) is 5.13 Å². The van der Waals surface area contributed by atoms with Crippen molar-refractivity contribution < 1.29 is 9.53 Å². The quantitative estimate of drug-likeness (QED) is 0.848. The Hall–Kier alpha value is -1.66. The third kappa shape index (κ3) is 3.05. The molecule has 2 saturated heterocycles. The summed E-state index contributed by atoms with van der Waals surface area (Å²) in [7, 11) is 0. The van der Waals surface area contributed by atoms with Gasteiger partial charge in [-0.25, -0.2) is 4.98 Å². The Balaban J connectivity index is 1.48. The second-order valence-corrected chi connectivity index (χ2v) is 7.16. The summed E-state index contributed by atoms with van der Waals surface area (Å²) in [5.41, 5.74) is 1.03. The monoisotopic (exact) mass is 331 g/mol. The molecule has 0 spiro atoms. The van der Waals surface area contributed by atoms with Crippen LogP contribution in [0.5, 0.6) is 0 Å². The predicted molar refractivity (Wildman–Crippen MR) is 92.0 cm³/mol. The normalized spacial score (nSPS) is 22.5. The number of hydrogen-bond donors (Lipinski definition) is 0. The van der Waals surface area contributed by atoms with Gasteiger partial charge < -0.3 is 14.5 Å². The Bertz CT molecular complexity index is 663. The highest BCUT2D eigenvalue weighted by atomic mass is 32.1. The van der Waals surface area contributed by atoms with E-state index in [4.69, 9.17) is 9.72 Å². The van der Waals surface area contributed by atoms with Gasteiger partial charge in [-0.2, -0.15) is 0 Å². The number of piperidine rings is 1. The van der Waals surface area contributed by atoms with E-state index in [2.05, 4.69) is 11.0 Å². The summed E-state index contributed by atoms with van der Waals surface area (Å²) < 4.78 is 6.95. The molecule has 0 N–H and O–H groups in total. The number of carbonyl (C=O) groups excluding carboxylic acids is 1. The van der Waals surface area contributed by atoms with Crippen molar-refractivity contribution in [3.8, 4) is 0 Å². The zero-order valence-electron chi connectivity index (χ0n) is 13.1. The highest BCUT2D eigenvalue weighted by molar-refractivity contribution is 7.22. The topological polar surface area (TPSA) is 45.7 Å². The summed E-state index contributed by atoms with van der Waals surface area (Å²) in [6.45, 7) is 3.73. The van der Waals surface area contributed by atoms with Crippen molar-refractivity contribution in [2.24, 2.45) is 0 Å². The number of anilines is 1. The van der Waals surface area contributed by atoms with Gasteiger partial charge in [-0.1, -0.05) is 23.5 Å². The fourth-order valence-corrected chi connectivity index (χ4v) is 4.29. The van der Waals surface area contributed by atoms with Crippen molar-refractivity contribution in [2.45, 2.75) is 25.4 Å². The number of amides is 1. The van der Waals surface area contributed by atoms with E-state index in [0.717, 1.165) is 43.1 Å². The average Bonchev–Trinajstić information content (AvgIpc) is 3.06. The van der Waals surface area contributed by atoms with Crippen LogP contribution in [0.1, 0.15) is 19.3 Å². The van der Waals surface area contributed by atoms with Crippen LogP contribution >= 0.6 is 11.3 Å². The molecule has 0 saturated carbocycles. The fraction of sp³-hybridized carbons (Fsp3) is 0.529. The molecule has 1 unspecified atom stereocenters. The largest absolute Gasteiger partial charge is 0.365 e. The summed E-state index contributed by atoms with van der Waals surface area (Å²) in [4.78, 5) is 21.5. The number of thiazole rings is 1. The maximum atomic E-state index is 12.7. The summed E-state index contributed by atoms with van der Waals surface area (Å²) in [6, 6.07) is 8.17. The van der Waals surface area contributed by atoms with E-state index in [0.29, 0.717) is 13.2 Å². The summed E-state index contributed by atoms with van der Waals surface area (Å²) >= 11 is 1.69. The number of hydrogen-bond acceptors (Lipinski definition) is 5. The third-order valence-corrected chi connectivity index (χ3v) is 5.66. The van der Waals surface area contributed by atoms with Gasteiger partial charge in [0.1, 0.15) is 0 Å². The van der Waals surface area contributed by atoms with Crippen molar-refractivity contribution in [3.05, 3.63) is 24.3 Å². The molecule has 0 bridgehead atoms. The van der Waals surface area contributed by atoms with Gasteiger partial charge in [0, 0.05) is 19.6 Å². The lowest BCUT2D eigenvalue weighted by Gasteiger charge is -2.36. The van der Waals surface area contributed by atoms with E-state index >= 15 is 0 Å². The molecule has 23 heavy (non-hydrogen) atoms. The molecule has 3 heterocycles. The summed E-state index contributed by atoms with van der Waals surface area (Å²) in [5, 5.41) is 0.992. The van der Waals surface area contributed by atoms with Crippen LogP contribution in [0.25, 0.3) is 10.2 Å². The van der Waals surface area contributed by atoms with Crippen molar-refractivity contribution >= 4 is 32.6 Å². The SMILES string of the molecule is O=C(C1CN(c2nc3ccccc3s2)CCO1)N1CCCCC1. The lowest BCUT2D eigenvalue weighted by molar-refractivity contribution is -0.145. The number of aromatic nitrogens is 1. The van der Waals surface area contributed by atoms with E-state index in [1.807, 2.05) is 23.1 Å². The number of likely N-dealkylation sites (tertiary alicyclic amines) is 1. The highest BCUT2D eigenvalue weighted by Crippen LogP contribution is 2.29. The Morgan fingerprint density at radius 1 is 1.17 bits per heavy atom. The minimum atomic E-state index is -0.353. The van der Waals surface area contributed by atoms with Crippen LogP contribution in [0.2, 0.25) is 0 Å². The Morgan fingerprint density at radius 3 is 2.83 bits per heavy atom. The van der Waals surface area contributed by atoms with Crippen molar-refractivity contribution in [2.75, 3.05) is 37.7 Å². The van der Waals surface area contributed by atoms with Gasteiger partial charge in [-0.15, -0.1) is 0 Å². The van der Waals surface area contributed by atoms with E-state index < -0.39 is 0 Å². The van der Waals surface area contributed by atoms with E-state index in [9.17, 15) is 4.79 Å². The van der Waals surface area contributed by atoms with Crippen LogP contribution in [0, 0.1) is 0 Å². The molecule has 6 heteroatoms.